The Kier molecular flexibility index (Phi) is 9.93. The van der Waals surface area contributed by atoms with Gasteiger partial charge in [0.2, 0.25) is 0 Å². The van der Waals surface area contributed by atoms with Gasteiger partial charge in [-0.2, -0.15) is 0 Å². The number of hydrogen-bond donors (Lipinski definition) is 2. The third-order valence-electron chi connectivity index (χ3n) is 5.35. The maximum Gasteiger partial charge on any atom is 0.146 e. The van der Waals surface area contributed by atoms with Crippen LogP contribution < -0.4 is 15.8 Å². The van der Waals surface area contributed by atoms with Crippen LogP contribution in [0.2, 0.25) is 0 Å². The highest BCUT2D eigenvalue weighted by atomic mass is 15.4. The van der Waals surface area contributed by atoms with Crippen LogP contribution in [0.5, 0.6) is 0 Å². The second kappa shape index (κ2) is 13.4. The zero-order valence-corrected chi connectivity index (χ0v) is 19.4. The van der Waals surface area contributed by atoms with Crippen molar-refractivity contribution >= 4 is 11.6 Å². The largest absolute Gasteiger partial charge is 0.356 e. The van der Waals surface area contributed by atoms with Gasteiger partial charge in [0.1, 0.15) is 17.5 Å². The molecule has 1 saturated heterocycles. The lowest BCUT2D eigenvalue weighted by Gasteiger charge is -2.28. The molecule has 1 aliphatic rings. The molecular formula is C26H36N6. The van der Waals surface area contributed by atoms with Crippen LogP contribution in [0, 0.1) is 6.92 Å². The van der Waals surface area contributed by atoms with Gasteiger partial charge in [-0.3, -0.25) is 4.98 Å². The van der Waals surface area contributed by atoms with Crippen molar-refractivity contribution in [3.8, 4) is 0 Å². The fourth-order valence-electron chi connectivity index (χ4n) is 3.65. The maximum absolute atomic E-state index is 4.82. The van der Waals surface area contributed by atoms with Crippen molar-refractivity contribution in [2.75, 3.05) is 23.4 Å². The van der Waals surface area contributed by atoms with E-state index in [4.69, 9.17) is 9.97 Å². The Balaban J connectivity index is 0.000000416. The molecule has 0 radical (unpaired) electrons. The Morgan fingerprint density at radius 3 is 2.41 bits per heavy atom. The second-order valence-corrected chi connectivity index (χ2v) is 8.17. The van der Waals surface area contributed by atoms with E-state index in [9.17, 15) is 0 Å². The molecule has 0 atom stereocenters. The Bertz CT molecular complexity index is 882. The van der Waals surface area contributed by atoms with Gasteiger partial charge in [-0.1, -0.05) is 49.2 Å². The Morgan fingerprint density at radius 2 is 1.75 bits per heavy atom. The number of nitrogens with one attached hydrogen (secondary N) is 2. The highest BCUT2D eigenvalue weighted by Gasteiger charge is 2.14. The van der Waals surface area contributed by atoms with Crippen molar-refractivity contribution < 1.29 is 0 Å². The number of hydrogen-bond acceptors (Lipinski definition) is 6. The number of nitrogens with zero attached hydrogens (tertiary/aromatic N) is 4. The van der Waals surface area contributed by atoms with E-state index in [0.717, 1.165) is 56.4 Å². The first kappa shape index (κ1) is 23.7. The summed E-state index contributed by atoms with van der Waals surface area (Å²) < 4.78 is 0. The Labute approximate surface area is 192 Å². The predicted octanol–water partition coefficient (Wildman–Crippen LogP) is 5.32. The quantitative estimate of drug-likeness (QED) is 0.470. The van der Waals surface area contributed by atoms with Crippen molar-refractivity contribution in [1.29, 1.82) is 0 Å². The van der Waals surface area contributed by atoms with Gasteiger partial charge in [0.25, 0.3) is 0 Å². The smallest absolute Gasteiger partial charge is 0.146 e. The normalized spacial score (nSPS) is 13.2. The number of pyridine rings is 1. The van der Waals surface area contributed by atoms with Crippen LogP contribution in [-0.4, -0.2) is 28.0 Å². The third kappa shape index (κ3) is 8.27. The number of unbranched alkanes of at least 4 members (excludes halogenated alkanes) is 1. The van der Waals surface area contributed by atoms with E-state index in [0.29, 0.717) is 0 Å². The van der Waals surface area contributed by atoms with E-state index in [-0.39, 0.29) is 0 Å². The lowest BCUT2D eigenvalue weighted by molar-refractivity contribution is 0.571. The number of piperidine rings is 1. The molecular weight excluding hydrogens is 396 g/mol. The van der Waals surface area contributed by atoms with Crippen LogP contribution in [0.15, 0.2) is 60.9 Å². The standard InChI is InChI=1S/C21H31N5.C5H5N/c1-3-4-11-19-23-20(15-21(24-19)26-12-6-5-7-13-26)25-22-16-18-10-8-9-17(2)14-18;1-2-4-6-5-3-1/h8-10,14-15,22H,3-7,11-13,16H2,1-2H3,(H,23,24,25);1-5H. The van der Waals surface area contributed by atoms with Crippen molar-refractivity contribution in [3.63, 3.8) is 0 Å². The van der Waals surface area contributed by atoms with Crippen LogP contribution in [0.3, 0.4) is 0 Å². The van der Waals surface area contributed by atoms with E-state index in [1.807, 2.05) is 18.2 Å². The van der Waals surface area contributed by atoms with Gasteiger partial charge >= 0.3 is 0 Å². The summed E-state index contributed by atoms with van der Waals surface area (Å²) in [7, 11) is 0. The topological polar surface area (TPSA) is 66.0 Å². The van der Waals surface area contributed by atoms with E-state index < -0.39 is 0 Å². The van der Waals surface area contributed by atoms with Gasteiger partial charge in [-0.15, -0.1) is 0 Å². The summed E-state index contributed by atoms with van der Waals surface area (Å²) in [6.07, 6.45) is 10.6. The highest BCUT2D eigenvalue weighted by Crippen LogP contribution is 2.21. The molecule has 1 aromatic carbocycles. The molecule has 2 N–H and O–H groups in total. The molecule has 0 bridgehead atoms. The van der Waals surface area contributed by atoms with Crippen molar-refractivity contribution in [2.45, 2.75) is 58.9 Å². The zero-order chi connectivity index (χ0) is 22.4. The van der Waals surface area contributed by atoms with E-state index in [1.54, 1.807) is 12.4 Å². The molecule has 3 heterocycles. The summed E-state index contributed by atoms with van der Waals surface area (Å²) in [6.45, 7) is 7.28. The van der Waals surface area contributed by atoms with Crippen molar-refractivity contribution in [1.82, 2.24) is 20.4 Å². The van der Waals surface area contributed by atoms with E-state index in [2.05, 4.69) is 64.9 Å². The molecule has 0 spiro atoms. The average Bonchev–Trinajstić information content (AvgIpc) is 2.85. The molecule has 1 fully saturated rings. The van der Waals surface area contributed by atoms with Gasteiger partial charge < -0.3 is 10.3 Å². The minimum atomic E-state index is 0.759. The minimum Gasteiger partial charge on any atom is -0.356 e. The van der Waals surface area contributed by atoms with Gasteiger partial charge in [-0.05, 0) is 50.3 Å². The van der Waals surface area contributed by atoms with Gasteiger partial charge in [0, 0.05) is 44.5 Å². The number of aromatic nitrogens is 3. The first-order valence-corrected chi connectivity index (χ1v) is 11.8. The first-order chi connectivity index (χ1) is 15.7. The van der Waals surface area contributed by atoms with Crippen LogP contribution in [0.4, 0.5) is 11.6 Å². The zero-order valence-electron chi connectivity index (χ0n) is 19.4. The van der Waals surface area contributed by atoms with Crippen LogP contribution >= 0.6 is 0 Å². The summed E-state index contributed by atoms with van der Waals surface area (Å²) in [5, 5.41) is 0. The third-order valence-corrected chi connectivity index (χ3v) is 5.35. The molecule has 6 heteroatoms. The second-order valence-electron chi connectivity index (χ2n) is 8.17. The number of rotatable bonds is 8. The van der Waals surface area contributed by atoms with Crippen LogP contribution in [-0.2, 0) is 13.0 Å². The monoisotopic (exact) mass is 432 g/mol. The maximum atomic E-state index is 4.82. The molecule has 0 saturated carbocycles. The molecule has 4 rings (SSSR count). The number of anilines is 2. The summed E-state index contributed by atoms with van der Waals surface area (Å²) >= 11 is 0. The number of aryl methyl sites for hydroxylation is 2. The molecule has 0 amide bonds. The summed E-state index contributed by atoms with van der Waals surface area (Å²) in [6, 6.07) is 16.3. The van der Waals surface area contributed by atoms with Gasteiger partial charge in [0.05, 0.1) is 0 Å². The van der Waals surface area contributed by atoms with Gasteiger partial charge in [-0.25, -0.2) is 15.4 Å². The lowest BCUT2D eigenvalue weighted by atomic mass is 10.1. The summed E-state index contributed by atoms with van der Waals surface area (Å²) in [5.74, 6) is 2.86. The minimum absolute atomic E-state index is 0.759. The molecule has 0 unspecified atom stereocenters. The average molecular weight is 433 g/mol. The van der Waals surface area contributed by atoms with Crippen LogP contribution in [0.1, 0.15) is 56.0 Å². The molecule has 170 valence electrons. The first-order valence-electron chi connectivity index (χ1n) is 11.8. The summed E-state index contributed by atoms with van der Waals surface area (Å²) in [5.41, 5.74) is 9.12. The van der Waals surface area contributed by atoms with Gasteiger partial charge in [0.15, 0.2) is 0 Å². The molecule has 6 nitrogen and oxygen atoms in total. The molecule has 32 heavy (non-hydrogen) atoms. The molecule has 3 aromatic rings. The molecule has 0 aliphatic carbocycles. The number of benzene rings is 1. The lowest BCUT2D eigenvalue weighted by Crippen LogP contribution is -2.31. The Morgan fingerprint density at radius 1 is 0.938 bits per heavy atom. The van der Waals surface area contributed by atoms with Crippen molar-refractivity contribution in [3.05, 3.63) is 77.9 Å². The van der Waals surface area contributed by atoms with Crippen molar-refractivity contribution in [2.24, 2.45) is 0 Å². The predicted molar refractivity (Wildman–Crippen MR) is 133 cm³/mol. The molecule has 2 aromatic heterocycles. The van der Waals surface area contributed by atoms with Crippen LogP contribution in [0.25, 0.3) is 0 Å². The fraction of sp³-hybridized carbons (Fsp3) is 0.423. The fourth-order valence-corrected chi connectivity index (χ4v) is 3.65. The van der Waals surface area contributed by atoms with E-state index >= 15 is 0 Å². The summed E-state index contributed by atoms with van der Waals surface area (Å²) in [4.78, 5) is 15.7. The highest BCUT2D eigenvalue weighted by molar-refractivity contribution is 5.49. The Hall–Kier alpha value is -2.99. The van der Waals surface area contributed by atoms with E-state index in [1.165, 1.54) is 30.4 Å². The molecule has 1 aliphatic heterocycles. The number of hydrazine groups is 1. The SMILES string of the molecule is CCCCc1nc(NNCc2cccc(C)c2)cc(N2CCCCC2)n1.c1ccncc1.